The van der Waals surface area contributed by atoms with Crippen LogP contribution in [0.25, 0.3) is 16.9 Å². The van der Waals surface area contributed by atoms with Gasteiger partial charge >= 0.3 is 0 Å². The van der Waals surface area contributed by atoms with E-state index in [-0.39, 0.29) is 11.6 Å². The predicted molar refractivity (Wildman–Crippen MR) is 119 cm³/mol. The molecule has 1 saturated carbocycles. The van der Waals surface area contributed by atoms with Crippen LogP contribution >= 0.6 is 23.2 Å². The zero-order valence-electron chi connectivity index (χ0n) is 16.8. The monoisotopic (exact) mass is 444 g/mol. The van der Waals surface area contributed by atoms with E-state index in [1.165, 1.54) is 31.4 Å². The molecule has 1 heterocycles. The quantitative estimate of drug-likeness (QED) is 0.383. The van der Waals surface area contributed by atoms with E-state index >= 15 is 0 Å². The smallest absolute Gasteiger partial charge is 0.183 e. The molecule has 3 aromatic rings. The van der Waals surface area contributed by atoms with E-state index in [1.54, 1.807) is 35.0 Å². The number of carbonyl (C=O) groups excluding carboxylic acids is 1. The van der Waals surface area contributed by atoms with Crippen LogP contribution in [0.1, 0.15) is 54.6 Å². The van der Waals surface area contributed by atoms with Gasteiger partial charge in [-0.3, -0.25) is 4.79 Å². The molecule has 0 aliphatic heterocycles. The summed E-state index contributed by atoms with van der Waals surface area (Å²) < 4.78 is 15.2. The zero-order chi connectivity index (χ0) is 21.3. The molecular formula is C24H23Cl2FN2O. The second kappa shape index (κ2) is 8.91. The van der Waals surface area contributed by atoms with Crippen molar-refractivity contribution in [2.45, 2.75) is 45.4 Å². The fourth-order valence-corrected chi connectivity index (χ4v) is 4.77. The van der Waals surface area contributed by atoms with Gasteiger partial charge in [-0.05, 0) is 55.3 Å². The number of rotatable bonds is 5. The number of hydrogen-bond donors (Lipinski definition) is 0. The maximum atomic E-state index is 13.5. The number of hydrogen-bond acceptors (Lipinski definition) is 2. The summed E-state index contributed by atoms with van der Waals surface area (Å²) in [4.78, 5) is 13.2. The minimum Gasteiger partial charge on any atom is -0.292 e. The average Bonchev–Trinajstić information content (AvgIpc) is 3.06. The normalized spacial score (nSPS) is 14.8. The van der Waals surface area contributed by atoms with Crippen molar-refractivity contribution >= 4 is 29.0 Å². The maximum Gasteiger partial charge on any atom is 0.183 e. The minimum absolute atomic E-state index is 0.0478. The molecule has 3 nitrogen and oxygen atoms in total. The molecule has 0 atom stereocenters. The zero-order valence-corrected chi connectivity index (χ0v) is 18.3. The van der Waals surface area contributed by atoms with E-state index in [9.17, 15) is 9.18 Å². The van der Waals surface area contributed by atoms with Crippen molar-refractivity contribution in [3.8, 4) is 16.9 Å². The maximum absolute atomic E-state index is 13.5. The summed E-state index contributed by atoms with van der Waals surface area (Å²) in [5.41, 5.74) is 3.34. The van der Waals surface area contributed by atoms with Gasteiger partial charge in [0.2, 0.25) is 0 Å². The standard InChI is InChI=1S/C24H23Cl2FN2O/c1-15-23(22(30)13-16-5-3-2-4-6-16)28-29(21-12-9-18(25)14-20(21)26)24(15)17-7-10-19(27)11-8-17/h7-12,14,16H,2-6,13H2,1H3. The third-order valence-electron chi connectivity index (χ3n) is 5.84. The second-order valence-corrected chi connectivity index (χ2v) is 8.81. The van der Waals surface area contributed by atoms with E-state index in [0.29, 0.717) is 33.8 Å². The van der Waals surface area contributed by atoms with Crippen LogP contribution in [-0.4, -0.2) is 15.6 Å². The second-order valence-electron chi connectivity index (χ2n) is 7.97. The fourth-order valence-electron chi connectivity index (χ4n) is 4.28. The summed E-state index contributed by atoms with van der Waals surface area (Å²) in [6.07, 6.45) is 6.33. The predicted octanol–water partition coefficient (Wildman–Crippen LogP) is 7.45. The van der Waals surface area contributed by atoms with Crippen molar-refractivity contribution in [1.82, 2.24) is 9.78 Å². The van der Waals surface area contributed by atoms with Crippen LogP contribution in [0.5, 0.6) is 0 Å². The molecule has 6 heteroatoms. The Morgan fingerprint density at radius 2 is 1.80 bits per heavy atom. The topological polar surface area (TPSA) is 34.9 Å². The van der Waals surface area contributed by atoms with Crippen LogP contribution in [0.15, 0.2) is 42.5 Å². The van der Waals surface area contributed by atoms with Crippen LogP contribution < -0.4 is 0 Å². The molecule has 0 bridgehead atoms. The molecule has 1 fully saturated rings. The molecule has 0 N–H and O–H groups in total. The van der Waals surface area contributed by atoms with Gasteiger partial charge in [0, 0.05) is 22.6 Å². The van der Waals surface area contributed by atoms with Gasteiger partial charge in [-0.1, -0.05) is 55.3 Å². The lowest BCUT2D eigenvalue weighted by Crippen LogP contribution is -2.13. The molecule has 0 amide bonds. The van der Waals surface area contributed by atoms with E-state index < -0.39 is 0 Å². The number of aromatic nitrogens is 2. The Hall–Kier alpha value is -2.17. The SMILES string of the molecule is Cc1c(C(=O)CC2CCCCC2)nn(-c2ccc(Cl)cc2Cl)c1-c1ccc(F)cc1. The summed E-state index contributed by atoms with van der Waals surface area (Å²) in [7, 11) is 0. The first-order valence-electron chi connectivity index (χ1n) is 10.3. The highest BCUT2D eigenvalue weighted by atomic mass is 35.5. The van der Waals surface area contributed by atoms with Crippen molar-refractivity contribution in [2.75, 3.05) is 0 Å². The first kappa shape index (κ1) is 21.1. The minimum atomic E-state index is -0.319. The summed E-state index contributed by atoms with van der Waals surface area (Å²) in [6.45, 7) is 1.89. The van der Waals surface area contributed by atoms with Crippen molar-refractivity contribution in [2.24, 2.45) is 5.92 Å². The molecule has 0 spiro atoms. The van der Waals surface area contributed by atoms with Gasteiger partial charge in [0.05, 0.1) is 16.4 Å². The van der Waals surface area contributed by atoms with Crippen molar-refractivity contribution in [1.29, 1.82) is 0 Å². The van der Waals surface area contributed by atoms with E-state index in [2.05, 4.69) is 5.10 Å². The molecule has 1 aromatic heterocycles. The van der Waals surface area contributed by atoms with Gasteiger partial charge < -0.3 is 0 Å². The summed E-state index contributed by atoms with van der Waals surface area (Å²) in [6, 6.07) is 11.3. The number of benzene rings is 2. The van der Waals surface area contributed by atoms with Crippen LogP contribution in [0.4, 0.5) is 4.39 Å². The first-order chi connectivity index (χ1) is 14.4. The summed E-state index contributed by atoms with van der Waals surface area (Å²) in [5.74, 6) is 0.149. The molecule has 1 aliphatic rings. The molecule has 0 radical (unpaired) electrons. The Morgan fingerprint density at radius 3 is 2.47 bits per heavy atom. The highest BCUT2D eigenvalue weighted by Crippen LogP contribution is 2.34. The highest BCUT2D eigenvalue weighted by molar-refractivity contribution is 6.35. The molecule has 0 saturated heterocycles. The lowest BCUT2D eigenvalue weighted by atomic mass is 9.85. The molecule has 30 heavy (non-hydrogen) atoms. The number of halogens is 3. The van der Waals surface area contributed by atoms with E-state index in [4.69, 9.17) is 23.2 Å². The van der Waals surface area contributed by atoms with Crippen LogP contribution in [0.2, 0.25) is 10.0 Å². The van der Waals surface area contributed by atoms with Crippen LogP contribution in [0.3, 0.4) is 0 Å². The third-order valence-corrected chi connectivity index (χ3v) is 6.38. The van der Waals surface area contributed by atoms with Crippen LogP contribution in [-0.2, 0) is 0 Å². The lowest BCUT2D eigenvalue weighted by molar-refractivity contribution is 0.0944. The van der Waals surface area contributed by atoms with Crippen molar-refractivity contribution in [3.05, 3.63) is 69.6 Å². The summed E-state index contributed by atoms with van der Waals surface area (Å²) in [5, 5.41) is 5.63. The van der Waals surface area contributed by atoms with Crippen molar-refractivity contribution in [3.63, 3.8) is 0 Å². The largest absolute Gasteiger partial charge is 0.292 e. The first-order valence-corrected chi connectivity index (χ1v) is 11.0. The Labute approximate surface area is 185 Å². The van der Waals surface area contributed by atoms with Gasteiger partial charge in [0.25, 0.3) is 0 Å². The Kier molecular flexibility index (Phi) is 6.26. The molecule has 4 rings (SSSR count). The molecule has 0 unspecified atom stereocenters. The van der Waals surface area contributed by atoms with Crippen LogP contribution in [0, 0.1) is 18.7 Å². The van der Waals surface area contributed by atoms with Gasteiger partial charge in [-0.15, -0.1) is 0 Å². The molecule has 156 valence electrons. The number of ketones is 1. The van der Waals surface area contributed by atoms with Gasteiger partial charge in [0.15, 0.2) is 5.78 Å². The Morgan fingerprint density at radius 1 is 1.10 bits per heavy atom. The number of carbonyl (C=O) groups is 1. The van der Waals surface area contributed by atoms with Gasteiger partial charge in [-0.25, -0.2) is 9.07 Å². The Balaban J connectivity index is 1.80. The highest BCUT2D eigenvalue weighted by Gasteiger charge is 2.25. The third kappa shape index (κ3) is 4.30. The van der Waals surface area contributed by atoms with E-state index in [0.717, 1.165) is 29.7 Å². The van der Waals surface area contributed by atoms with Gasteiger partial charge in [-0.2, -0.15) is 5.10 Å². The average molecular weight is 445 g/mol. The lowest BCUT2D eigenvalue weighted by Gasteiger charge is -2.20. The summed E-state index contributed by atoms with van der Waals surface area (Å²) >= 11 is 12.5. The fraction of sp³-hybridized carbons (Fsp3) is 0.333. The molecule has 2 aromatic carbocycles. The van der Waals surface area contributed by atoms with Gasteiger partial charge in [0.1, 0.15) is 11.5 Å². The number of Topliss-reactive ketones (excluding diaryl/α,β-unsaturated/α-hetero) is 1. The van der Waals surface area contributed by atoms with E-state index in [1.807, 2.05) is 6.92 Å². The molecular weight excluding hydrogens is 422 g/mol. The molecule has 1 aliphatic carbocycles. The Bertz CT molecular complexity index is 1070. The van der Waals surface area contributed by atoms with Crippen molar-refractivity contribution < 1.29 is 9.18 Å². The number of nitrogens with zero attached hydrogens (tertiary/aromatic N) is 2.